The Bertz CT molecular complexity index is 1600. The van der Waals surface area contributed by atoms with Crippen molar-refractivity contribution in [1.29, 1.82) is 0 Å². The smallest absolute Gasteiger partial charge is 0.407 e. The van der Waals surface area contributed by atoms with Crippen molar-refractivity contribution in [2.75, 3.05) is 22.9 Å². The second kappa shape index (κ2) is 12.1. The van der Waals surface area contributed by atoms with Crippen LogP contribution < -0.4 is 20.4 Å². The van der Waals surface area contributed by atoms with E-state index in [4.69, 9.17) is 9.72 Å². The number of amides is 3. The molecule has 2 aliphatic heterocycles. The maximum atomic E-state index is 15.1. The Morgan fingerprint density at radius 3 is 2.41 bits per heavy atom. The summed E-state index contributed by atoms with van der Waals surface area (Å²) in [6.45, 7) is 8.08. The SMILES string of the molecule is CCc1ccc(C(=O)O)cc1-c1nc(N2CCC(NC(=O)OC(C)(C)C)CC2)nc2c1CNC(=O)N2c1c(F)cccc1F. The highest BCUT2D eigenvalue weighted by molar-refractivity contribution is 6.02. The first kappa shape index (κ1) is 30.6. The molecule has 2 aliphatic rings. The molecule has 232 valence electrons. The van der Waals surface area contributed by atoms with Gasteiger partial charge in [0.25, 0.3) is 0 Å². The number of aromatic carboxylic acids is 1. The topological polar surface area (TPSA) is 137 Å². The van der Waals surface area contributed by atoms with E-state index in [1.807, 2.05) is 11.8 Å². The molecular formula is C31H34F2N6O5. The fraction of sp³-hybridized carbons (Fsp3) is 0.387. The molecule has 1 fully saturated rings. The van der Waals surface area contributed by atoms with Crippen LogP contribution in [0.25, 0.3) is 11.3 Å². The largest absolute Gasteiger partial charge is 0.478 e. The van der Waals surface area contributed by atoms with Crippen LogP contribution in [0.1, 0.15) is 62.0 Å². The zero-order chi connectivity index (χ0) is 31.8. The summed E-state index contributed by atoms with van der Waals surface area (Å²) in [7, 11) is 0. The Kier molecular flexibility index (Phi) is 8.40. The van der Waals surface area contributed by atoms with Gasteiger partial charge in [-0.05, 0) is 69.9 Å². The fourth-order valence-electron chi connectivity index (χ4n) is 5.36. The maximum Gasteiger partial charge on any atom is 0.407 e. The van der Waals surface area contributed by atoms with E-state index < -0.39 is 41.0 Å². The summed E-state index contributed by atoms with van der Waals surface area (Å²) in [4.78, 5) is 49.7. The lowest BCUT2D eigenvalue weighted by Gasteiger charge is -2.35. The molecule has 11 nitrogen and oxygen atoms in total. The Hall–Kier alpha value is -4.81. The number of anilines is 3. The van der Waals surface area contributed by atoms with Gasteiger partial charge in [0.15, 0.2) is 5.82 Å². The minimum atomic E-state index is -1.13. The molecule has 0 spiro atoms. The Morgan fingerprint density at radius 2 is 1.80 bits per heavy atom. The molecule has 3 aromatic rings. The summed E-state index contributed by atoms with van der Waals surface area (Å²) >= 11 is 0. The minimum absolute atomic E-state index is 0.00506. The van der Waals surface area contributed by atoms with E-state index in [0.29, 0.717) is 49.2 Å². The van der Waals surface area contributed by atoms with Crippen LogP contribution in [0.4, 0.5) is 35.8 Å². The number of nitrogens with zero attached hydrogens (tertiary/aromatic N) is 4. The Morgan fingerprint density at radius 1 is 1.11 bits per heavy atom. The highest BCUT2D eigenvalue weighted by Gasteiger charge is 2.35. The van der Waals surface area contributed by atoms with Crippen molar-refractivity contribution in [2.45, 2.75) is 65.1 Å². The van der Waals surface area contributed by atoms with Crippen molar-refractivity contribution in [3.63, 3.8) is 0 Å². The Labute approximate surface area is 253 Å². The van der Waals surface area contributed by atoms with Gasteiger partial charge in [-0.1, -0.05) is 19.1 Å². The highest BCUT2D eigenvalue weighted by atomic mass is 19.1. The highest BCUT2D eigenvalue weighted by Crippen LogP contribution is 2.40. The molecule has 0 aliphatic carbocycles. The maximum absolute atomic E-state index is 15.1. The lowest BCUT2D eigenvalue weighted by Crippen LogP contribution is -2.47. The van der Waals surface area contributed by atoms with Gasteiger partial charge in [-0.2, -0.15) is 4.98 Å². The van der Waals surface area contributed by atoms with Gasteiger partial charge in [0.2, 0.25) is 5.95 Å². The van der Waals surface area contributed by atoms with Crippen LogP contribution in [0.5, 0.6) is 0 Å². The van der Waals surface area contributed by atoms with Crippen molar-refractivity contribution in [3.05, 3.63) is 64.7 Å². The first-order chi connectivity index (χ1) is 20.9. The van der Waals surface area contributed by atoms with Gasteiger partial charge in [-0.15, -0.1) is 0 Å². The van der Waals surface area contributed by atoms with E-state index in [2.05, 4.69) is 15.6 Å². The number of hydrogen-bond acceptors (Lipinski definition) is 7. The standard InChI is InChI=1S/C31H34F2N6O5/c1-5-17-9-10-18(27(40)41)15-20(17)24-21-16-34-29(42)39(25-22(32)7-6-8-23(25)33)26(21)37-28(36-24)38-13-11-19(12-14-38)35-30(43)44-31(2,3)4/h6-10,15,19H,5,11-14,16H2,1-4H3,(H,34,42)(H,35,43)(H,40,41). The molecular weight excluding hydrogens is 574 g/mol. The predicted octanol–water partition coefficient (Wildman–Crippen LogP) is 5.54. The van der Waals surface area contributed by atoms with Gasteiger partial charge < -0.3 is 25.4 Å². The molecule has 0 radical (unpaired) electrons. The normalized spacial score (nSPS) is 15.5. The number of carboxylic acids is 1. The van der Waals surface area contributed by atoms with Gasteiger partial charge in [0.05, 0.1) is 17.8 Å². The number of rotatable bonds is 6. The van der Waals surface area contributed by atoms with Gasteiger partial charge in [-0.3, -0.25) is 0 Å². The van der Waals surface area contributed by atoms with Gasteiger partial charge in [0, 0.05) is 30.3 Å². The first-order valence-electron chi connectivity index (χ1n) is 14.4. The number of fused-ring (bicyclic) bond motifs is 1. The van der Waals surface area contributed by atoms with Crippen LogP contribution in [0.2, 0.25) is 0 Å². The number of urea groups is 1. The molecule has 3 N–H and O–H groups in total. The zero-order valence-corrected chi connectivity index (χ0v) is 24.9. The van der Waals surface area contributed by atoms with Crippen molar-refractivity contribution >= 4 is 35.5 Å². The van der Waals surface area contributed by atoms with Crippen LogP contribution >= 0.6 is 0 Å². The molecule has 0 saturated carbocycles. The number of hydrogen-bond donors (Lipinski definition) is 3. The second-order valence-corrected chi connectivity index (χ2v) is 11.7. The summed E-state index contributed by atoms with van der Waals surface area (Å²) in [6.07, 6.45) is 1.11. The number of alkyl carbamates (subject to hydrolysis) is 1. The quantitative estimate of drug-likeness (QED) is 0.332. The van der Waals surface area contributed by atoms with Gasteiger partial charge in [0.1, 0.15) is 22.9 Å². The van der Waals surface area contributed by atoms with Crippen LogP contribution in [0.3, 0.4) is 0 Å². The van der Waals surface area contributed by atoms with E-state index in [-0.39, 0.29) is 29.9 Å². The third kappa shape index (κ3) is 6.26. The third-order valence-corrected chi connectivity index (χ3v) is 7.46. The molecule has 0 atom stereocenters. The number of piperidine rings is 1. The average molecular weight is 609 g/mol. The van der Waals surface area contributed by atoms with Crippen LogP contribution in [0, 0.1) is 11.6 Å². The predicted molar refractivity (Wildman–Crippen MR) is 159 cm³/mol. The number of aryl methyl sites for hydroxylation is 1. The second-order valence-electron chi connectivity index (χ2n) is 11.7. The summed E-state index contributed by atoms with van der Waals surface area (Å²) in [5, 5.41) is 15.3. The lowest BCUT2D eigenvalue weighted by molar-refractivity contribution is 0.0496. The van der Waals surface area contributed by atoms with E-state index >= 15 is 8.78 Å². The number of ether oxygens (including phenoxy) is 1. The van der Waals surface area contributed by atoms with Gasteiger partial charge >= 0.3 is 18.1 Å². The lowest BCUT2D eigenvalue weighted by atomic mass is 9.95. The van der Waals surface area contributed by atoms with Crippen LogP contribution in [0.15, 0.2) is 36.4 Å². The first-order valence-corrected chi connectivity index (χ1v) is 14.4. The summed E-state index contributed by atoms with van der Waals surface area (Å²) in [5.41, 5.74) is 0.856. The molecule has 3 amide bonds. The number of nitrogens with one attached hydrogen (secondary N) is 2. The number of halogens is 2. The number of carbonyl (C=O) groups is 3. The number of carboxylic acid groups (broad SMARTS) is 1. The monoisotopic (exact) mass is 608 g/mol. The number of benzene rings is 2. The summed E-state index contributed by atoms with van der Waals surface area (Å²) < 4.78 is 35.5. The van der Waals surface area contributed by atoms with Crippen molar-refractivity contribution < 1.29 is 33.0 Å². The van der Waals surface area contributed by atoms with Crippen molar-refractivity contribution in [1.82, 2.24) is 20.6 Å². The third-order valence-electron chi connectivity index (χ3n) is 7.46. The molecule has 13 heteroatoms. The molecule has 0 bridgehead atoms. The average Bonchev–Trinajstić information content (AvgIpc) is 2.96. The fourth-order valence-corrected chi connectivity index (χ4v) is 5.36. The molecule has 2 aromatic carbocycles. The van der Waals surface area contributed by atoms with Gasteiger partial charge in [-0.25, -0.2) is 33.0 Å². The Balaban J connectivity index is 1.60. The van der Waals surface area contributed by atoms with E-state index in [1.54, 1.807) is 26.8 Å². The minimum Gasteiger partial charge on any atom is -0.478 e. The number of carbonyl (C=O) groups excluding carboxylic acids is 2. The molecule has 1 aromatic heterocycles. The number of para-hydroxylation sites is 1. The summed E-state index contributed by atoms with van der Waals surface area (Å²) in [5.74, 6) is -2.83. The van der Waals surface area contributed by atoms with Crippen molar-refractivity contribution in [2.24, 2.45) is 0 Å². The van der Waals surface area contributed by atoms with Crippen LogP contribution in [-0.2, 0) is 17.7 Å². The molecule has 44 heavy (non-hydrogen) atoms. The zero-order valence-electron chi connectivity index (χ0n) is 24.9. The van der Waals surface area contributed by atoms with E-state index in [1.165, 1.54) is 18.2 Å². The molecule has 5 rings (SSSR count). The van der Waals surface area contributed by atoms with E-state index in [0.717, 1.165) is 22.6 Å². The molecule has 0 unspecified atom stereocenters. The molecule has 1 saturated heterocycles. The van der Waals surface area contributed by atoms with Crippen molar-refractivity contribution in [3.8, 4) is 11.3 Å². The summed E-state index contributed by atoms with van der Waals surface area (Å²) in [6, 6.07) is 7.09. The van der Waals surface area contributed by atoms with Crippen LogP contribution in [-0.4, -0.2) is 57.9 Å². The van der Waals surface area contributed by atoms with E-state index in [9.17, 15) is 19.5 Å². The molecule has 3 heterocycles. The number of aromatic nitrogens is 2.